The van der Waals surface area contributed by atoms with E-state index in [0.717, 1.165) is 33.5 Å². The lowest BCUT2D eigenvalue weighted by molar-refractivity contribution is 1.03. The molecule has 5 nitrogen and oxygen atoms in total. The van der Waals surface area contributed by atoms with Gasteiger partial charge < -0.3 is 5.32 Å². The first-order valence-electron chi connectivity index (χ1n) is 10.6. The Morgan fingerprint density at radius 3 is 2.53 bits per heavy atom. The molecule has 0 bridgehead atoms. The Morgan fingerprint density at radius 2 is 1.75 bits per heavy atom. The van der Waals surface area contributed by atoms with Crippen LogP contribution in [0.5, 0.6) is 0 Å². The van der Waals surface area contributed by atoms with Crippen LogP contribution in [-0.2, 0) is 6.54 Å². The number of aromatic nitrogens is 4. The normalized spacial score (nSPS) is 10.9. The molecule has 0 unspecified atom stereocenters. The standard InChI is InChI=1S/C27H23N5/c1-18-8-10-23(19(2)14-18)20-9-11-25-24(15-20)27(30-17-22-7-3-4-13-29-22)32-26(31-25)21-6-5-12-28-16-21/h3-16H,17H2,1-2H3,(H,30,31,32). The largest absolute Gasteiger partial charge is 0.364 e. The summed E-state index contributed by atoms with van der Waals surface area (Å²) >= 11 is 0. The lowest BCUT2D eigenvalue weighted by Gasteiger charge is -2.13. The topological polar surface area (TPSA) is 63.6 Å². The molecule has 156 valence electrons. The second-order valence-corrected chi connectivity index (χ2v) is 7.86. The average molecular weight is 418 g/mol. The molecule has 5 aromatic rings. The number of nitrogens with one attached hydrogen (secondary N) is 1. The van der Waals surface area contributed by atoms with Crippen molar-refractivity contribution in [2.45, 2.75) is 20.4 Å². The molecular formula is C27H23N5. The van der Waals surface area contributed by atoms with Gasteiger partial charge in [0.05, 0.1) is 17.8 Å². The highest BCUT2D eigenvalue weighted by molar-refractivity contribution is 5.94. The highest BCUT2D eigenvalue weighted by Gasteiger charge is 2.12. The van der Waals surface area contributed by atoms with Crippen molar-refractivity contribution in [1.29, 1.82) is 0 Å². The van der Waals surface area contributed by atoms with Gasteiger partial charge in [0.25, 0.3) is 0 Å². The van der Waals surface area contributed by atoms with Gasteiger partial charge in [0.15, 0.2) is 5.82 Å². The molecule has 3 aromatic heterocycles. The van der Waals surface area contributed by atoms with Crippen molar-refractivity contribution in [3.05, 3.63) is 102 Å². The summed E-state index contributed by atoms with van der Waals surface area (Å²) in [6, 6.07) is 22.7. The molecule has 0 spiro atoms. The molecule has 0 aliphatic carbocycles. The van der Waals surface area contributed by atoms with Gasteiger partial charge in [-0.05, 0) is 66.9 Å². The molecule has 0 amide bonds. The smallest absolute Gasteiger partial charge is 0.163 e. The van der Waals surface area contributed by atoms with Crippen LogP contribution in [0.25, 0.3) is 33.4 Å². The first-order chi connectivity index (χ1) is 15.7. The van der Waals surface area contributed by atoms with Crippen molar-refractivity contribution >= 4 is 16.7 Å². The summed E-state index contributed by atoms with van der Waals surface area (Å²) in [4.78, 5) is 18.3. The summed E-state index contributed by atoms with van der Waals surface area (Å²) in [5.41, 5.74) is 7.59. The Labute approximate surface area is 187 Å². The molecule has 5 heteroatoms. The summed E-state index contributed by atoms with van der Waals surface area (Å²) in [6.45, 7) is 4.84. The SMILES string of the molecule is Cc1ccc(-c2ccc3nc(-c4cccnc4)nc(NCc4ccccn4)c3c2)c(C)c1. The maximum Gasteiger partial charge on any atom is 0.163 e. The number of rotatable bonds is 5. The molecule has 0 atom stereocenters. The fraction of sp³-hybridized carbons (Fsp3) is 0.111. The van der Waals surface area contributed by atoms with Crippen LogP contribution in [0.15, 0.2) is 85.3 Å². The summed E-state index contributed by atoms with van der Waals surface area (Å²) in [5, 5.41) is 4.46. The van der Waals surface area contributed by atoms with Crippen LogP contribution in [0.3, 0.4) is 0 Å². The molecule has 0 aliphatic heterocycles. The van der Waals surface area contributed by atoms with Crippen molar-refractivity contribution < 1.29 is 0 Å². The maximum absolute atomic E-state index is 4.87. The second-order valence-electron chi connectivity index (χ2n) is 7.86. The second kappa shape index (κ2) is 8.55. The third-order valence-corrected chi connectivity index (χ3v) is 5.47. The van der Waals surface area contributed by atoms with Gasteiger partial charge in [-0.15, -0.1) is 0 Å². The van der Waals surface area contributed by atoms with E-state index in [1.807, 2.05) is 30.3 Å². The number of fused-ring (bicyclic) bond motifs is 1. The van der Waals surface area contributed by atoms with E-state index in [-0.39, 0.29) is 0 Å². The minimum atomic E-state index is 0.577. The van der Waals surface area contributed by atoms with Gasteiger partial charge in [0.1, 0.15) is 5.82 Å². The predicted molar refractivity (Wildman–Crippen MR) is 129 cm³/mol. The zero-order valence-corrected chi connectivity index (χ0v) is 18.1. The van der Waals surface area contributed by atoms with Crippen molar-refractivity contribution in [1.82, 2.24) is 19.9 Å². The Kier molecular flexibility index (Phi) is 5.30. The summed E-state index contributed by atoms with van der Waals surface area (Å²) in [5.74, 6) is 1.43. The third kappa shape index (κ3) is 4.05. The van der Waals surface area contributed by atoms with Crippen molar-refractivity contribution in [2.24, 2.45) is 0 Å². The van der Waals surface area contributed by atoms with Gasteiger partial charge in [-0.25, -0.2) is 9.97 Å². The van der Waals surface area contributed by atoms with E-state index >= 15 is 0 Å². The Bertz CT molecular complexity index is 1380. The fourth-order valence-corrected chi connectivity index (χ4v) is 3.87. The molecule has 0 saturated heterocycles. The summed E-state index contributed by atoms with van der Waals surface area (Å²) < 4.78 is 0. The van der Waals surface area contributed by atoms with E-state index in [1.165, 1.54) is 16.7 Å². The van der Waals surface area contributed by atoms with E-state index in [1.54, 1.807) is 18.6 Å². The highest BCUT2D eigenvalue weighted by atomic mass is 15.0. The molecule has 1 N–H and O–H groups in total. The van der Waals surface area contributed by atoms with Crippen molar-refractivity contribution in [2.75, 3.05) is 5.32 Å². The molecule has 32 heavy (non-hydrogen) atoms. The molecule has 5 rings (SSSR count). The van der Waals surface area contributed by atoms with E-state index in [2.05, 4.69) is 65.5 Å². The van der Waals surface area contributed by atoms with E-state index in [9.17, 15) is 0 Å². The van der Waals surface area contributed by atoms with Gasteiger partial charge in [-0.2, -0.15) is 0 Å². The molecule has 0 aliphatic rings. The highest BCUT2D eigenvalue weighted by Crippen LogP contribution is 2.31. The third-order valence-electron chi connectivity index (χ3n) is 5.47. The maximum atomic E-state index is 4.87. The number of benzene rings is 2. The molecular weight excluding hydrogens is 394 g/mol. The van der Waals surface area contributed by atoms with Crippen molar-refractivity contribution in [3.8, 4) is 22.5 Å². The van der Waals surface area contributed by atoms with Crippen LogP contribution in [0.2, 0.25) is 0 Å². The Hall–Kier alpha value is -4.12. The average Bonchev–Trinajstić information content (AvgIpc) is 2.83. The molecule has 0 fully saturated rings. The number of hydrogen-bond donors (Lipinski definition) is 1. The van der Waals surface area contributed by atoms with Crippen LogP contribution in [-0.4, -0.2) is 19.9 Å². The van der Waals surface area contributed by atoms with Crippen molar-refractivity contribution in [3.63, 3.8) is 0 Å². The Balaban J connectivity index is 1.63. The fourth-order valence-electron chi connectivity index (χ4n) is 3.87. The lowest BCUT2D eigenvalue weighted by Crippen LogP contribution is -2.05. The van der Waals surface area contributed by atoms with Crippen LogP contribution < -0.4 is 5.32 Å². The van der Waals surface area contributed by atoms with Crippen LogP contribution in [0.1, 0.15) is 16.8 Å². The molecule has 0 radical (unpaired) electrons. The number of pyridine rings is 2. The summed E-state index contributed by atoms with van der Waals surface area (Å²) in [7, 11) is 0. The van der Waals surface area contributed by atoms with E-state index in [4.69, 9.17) is 9.97 Å². The molecule has 0 saturated carbocycles. The van der Waals surface area contributed by atoms with Gasteiger partial charge in [-0.3, -0.25) is 9.97 Å². The number of aryl methyl sites for hydroxylation is 2. The van der Waals surface area contributed by atoms with Crippen LogP contribution in [0.4, 0.5) is 5.82 Å². The predicted octanol–water partition coefficient (Wildman–Crippen LogP) is 5.98. The van der Waals surface area contributed by atoms with Gasteiger partial charge in [-0.1, -0.05) is 35.9 Å². The summed E-state index contributed by atoms with van der Waals surface area (Å²) in [6.07, 6.45) is 5.34. The van der Waals surface area contributed by atoms with E-state index < -0.39 is 0 Å². The number of hydrogen-bond acceptors (Lipinski definition) is 5. The first kappa shape index (κ1) is 19.8. The molecule has 3 heterocycles. The minimum absolute atomic E-state index is 0.577. The zero-order chi connectivity index (χ0) is 21.9. The minimum Gasteiger partial charge on any atom is -0.364 e. The van der Waals surface area contributed by atoms with Crippen LogP contribution >= 0.6 is 0 Å². The van der Waals surface area contributed by atoms with Gasteiger partial charge >= 0.3 is 0 Å². The molecule has 2 aromatic carbocycles. The Morgan fingerprint density at radius 1 is 0.812 bits per heavy atom. The zero-order valence-electron chi connectivity index (χ0n) is 18.1. The van der Waals surface area contributed by atoms with Gasteiger partial charge in [0, 0.05) is 29.5 Å². The van der Waals surface area contributed by atoms with E-state index in [0.29, 0.717) is 12.4 Å². The quantitative estimate of drug-likeness (QED) is 0.381. The monoisotopic (exact) mass is 417 g/mol. The van der Waals surface area contributed by atoms with Gasteiger partial charge in [0.2, 0.25) is 0 Å². The van der Waals surface area contributed by atoms with Crippen LogP contribution in [0, 0.1) is 13.8 Å². The lowest BCUT2D eigenvalue weighted by atomic mass is 9.97. The number of nitrogens with zero attached hydrogens (tertiary/aromatic N) is 4. The number of anilines is 1. The first-order valence-corrected chi connectivity index (χ1v) is 10.6.